The third kappa shape index (κ3) is 5.33. The number of nitrogens with zero attached hydrogens (tertiary/aromatic N) is 4. The number of aryl methyl sites for hydroxylation is 5. The normalized spacial score (nSPS) is 11.8. The van der Waals surface area contributed by atoms with Gasteiger partial charge < -0.3 is 10.6 Å². The summed E-state index contributed by atoms with van der Waals surface area (Å²) < 4.78 is 2.06. The van der Waals surface area contributed by atoms with Gasteiger partial charge in [-0.3, -0.25) is 4.68 Å². The first-order chi connectivity index (χ1) is 11.5. The second-order valence-corrected chi connectivity index (χ2v) is 7.16. The molecule has 0 atom stereocenters. The van der Waals surface area contributed by atoms with Crippen molar-refractivity contribution in [2.45, 2.75) is 54.1 Å². The van der Waals surface area contributed by atoms with Crippen molar-refractivity contribution in [1.82, 2.24) is 25.4 Å². The number of aliphatic imine (C=N–C) groups is 1. The van der Waals surface area contributed by atoms with Crippen LogP contribution in [0.5, 0.6) is 0 Å². The highest BCUT2D eigenvalue weighted by molar-refractivity contribution is 7.11. The maximum atomic E-state index is 4.62. The fraction of sp³-hybridized carbons (Fsp3) is 0.588. The predicted octanol–water partition coefficient (Wildman–Crippen LogP) is 2.72. The summed E-state index contributed by atoms with van der Waals surface area (Å²) in [5.74, 6) is 0.844. The second-order valence-electron chi connectivity index (χ2n) is 5.87. The Kier molecular flexibility index (Phi) is 6.78. The van der Waals surface area contributed by atoms with Gasteiger partial charge in [0.15, 0.2) is 5.96 Å². The monoisotopic (exact) mass is 348 g/mol. The van der Waals surface area contributed by atoms with Gasteiger partial charge in [-0.1, -0.05) is 0 Å². The summed E-state index contributed by atoms with van der Waals surface area (Å²) in [6, 6.07) is 2.11. The van der Waals surface area contributed by atoms with Crippen LogP contribution >= 0.6 is 11.3 Å². The van der Waals surface area contributed by atoms with E-state index >= 15 is 0 Å². The van der Waals surface area contributed by atoms with Crippen LogP contribution in [0.15, 0.2) is 11.1 Å². The molecular formula is C17H28N6S. The van der Waals surface area contributed by atoms with Gasteiger partial charge in [-0.05, 0) is 47.1 Å². The predicted molar refractivity (Wildman–Crippen MR) is 101 cm³/mol. The van der Waals surface area contributed by atoms with E-state index in [9.17, 15) is 0 Å². The quantitative estimate of drug-likeness (QED) is 0.459. The van der Waals surface area contributed by atoms with E-state index in [1.54, 1.807) is 11.3 Å². The molecule has 0 fully saturated rings. The Balaban J connectivity index is 1.81. The lowest BCUT2D eigenvalue weighted by molar-refractivity contribution is 0.555. The molecule has 2 aromatic rings. The molecule has 2 N–H and O–H groups in total. The van der Waals surface area contributed by atoms with Gasteiger partial charge in [0.05, 0.1) is 17.9 Å². The fourth-order valence-electron chi connectivity index (χ4n) is 2.43. The highest BCUT2D eigenvalue weighted by Gasteiger charge is 2.04. The molecular weight excluding hydrogens is 320 g/mol. The zero-order valence-corrected chi connectivity index (χ0v) is 16.1. The number of guanidine groups is 1. The Morgan fingerprint density at radius 2 is 2.04 bits per heavy atom. The van der Waals surface area contributed by atoms with Crippen molar-refractivity contribution in [3.05, 3.63) is 33.0 Å². The SMILES string of the molecule is CCNC(=NCc1nc(C)c(C)s1)NCCCn1nc(C)cc1C. The van der Waals surface area contributed by atoms with Gasteiger partial charge in [0.1, 0.15) is 5.01 Å². The molecule has 7 heteroatoms. The van der Waals surface area contributed by atoms with Crippen LogP contribution in [0.4, 0.5) is 0 Å². The molecule has 2 rings (SSSR count). The van der Waals surface area contributed by atoms with Crippen LogP contribution in [0.3, 0.4) is 0 Å². The molecule has 0 spiro atoms. The Morgan fingerprint density at radius 1 is 1.25 bits per heavy atom. The summed E-state index contributed by atoms with van der Waals surface area (Å²) in [7, 11) is 0. The Hall–Kier alpha value is -1.89. The minimum absolute atomic E-state index is 0.617. The van der Waals surface area contributed by atoms with Gasteiger partial charge in [-0.25, -0.2) is 9.98 Å². The smallest absolute Gasteiger partial charge is 0.191 e. The number of rotatable bonds is 7. The van der Waals surface area contributed by atoms with E-state index in [2.05, 4.69) is 57.2 Å². The van der Waals surface area contributed by atoms with Crippen LogP contribution in [-0.4, -0.2) is 33.8 Å². The number of hydrogen-bond donors (Lipinski definition) is 2. The van der Waals surface area contributed by atoms with Crippen LogP contribution in [0, 0.1) is 27.7 Å². The maximum absolute atomic E-state index is 4.62. The molecule has 0 aliphatic rings. The molecule has 0 aliphatic carbocycles. The van der Waals surface area contributed by atoms with Crippen LogP contribution in [0.25, 0.3) is 0 Å². The van der Waals surface area contributed by atoms with Gasteiger partial charge >= 0.3 is 0 Å². The molecule has 0 aliphatic heterocycles. The van der Waals surface area contributed by atoms with Gasteiger partial charge in [-0.2, -0.15) is 5.10 Å². The summed E-state index contributed by atoms with van der Waals surface area (Å²) in [5, 5.41) is 12.2. The van der Waals surface area contributed by atoms with Crippen molar-refractivity contribution in [1.29, 1.82) is 0 Å². The molecule has 0 aromatic carbocycles. The van der Waals surface area contributed by atoms with Crippen LogP contribution < -0.4 is 10.6 Å². The minimum atomic E-state index is 0.617. The van der Waals surface area contributed by atoms with E-state index in [4.69, 9.17) is 0 Å². The lowest BCUT2D eigenvalue weighted by atomic mass is 10.4. The zero-order valence-electron chi connectivity index (χ0n) is 15.3. The van der Waals surface area contributed by atoms with Gasteiger partial charge in [0.2, 0.25) is 0 Å². The van der Waals surface area contributed by atoms with Gasteiger partial charge in [0.25, 0.3) is 0 Å². The third-order valence-corrected chi connectivity index (χ3v) is 4.79. The maximum Gasteiger partial charge on any atom is 0.191 e. The second kappa shape index (κ2) is 8.82. The van der Waals surface area contributed by atoms with Crippen molar-refractivity contribution in [3.63, 3.8) is 0 Å². The minimum Gasteiger partial charge on any atom is -0.357 e. The summed E-state index contributed by atoms with van der Waals surface area (Å²) in [6.45, 7) is 13.6. The first kappa shape index (κ1) is 18.4. The Morgan fingerprint density at radius 3 is 2.62 bits per heavy atom. The molecule has 0 saturated carbocycles. The van der Waals surface area contributed by atoms with Crippen molar-refractivity contribution in [3.8, 4) is 0 Å². The lowest BCUT2D eigenvalue weighted by Crippen LogP contribution is -2.38. The van der Waals surface area contributed by atoms with Gasteiger partial charge in [-0.15, -0.1) is 11.3 Å². The molecule has 2 aromatic heterocycles. The lowest BCUT2D eigenvalue weighted by Gasteiger charge is -2.11. The molecule has 132 valence electrons. The first-order valence-electron chi connectivity index (χ1n) is 8.45. The fourth-order valence-corrected chi connectivity index (χ4v) is 3.29. The van der Waals surface area contributed by atoms with Crippen LogP contribution in [0.2, 0.25) is 0 Å². The average Bonchev–Trinajstić information content (AvgIpc) is 3.02. The summed E-state index contributed by atoms with van der Waals surface area (Å²) >= 11 is 1.72. The molecule has 6 nitrogen and oxygen atoms in total. The molecule has 0 unspecified atom stereocenters. The highest BCUT2D eigenvalue weighted by Crippen LogP contribution is 2.16. The molecule has 0 amide bonds. The van der Waals surface area contributed by atoms with E-state index in [1.165, 1.54) is 10.6 Å². The van der Waals surface area contributed by atoms with Crippen molar-refractivity contribution < 1.29 is 0 Å². The summed E-state index contributed by atoms with van der Waals surface area (Å²) in [6.07, 6.45) is 1.00. The largest absolute Gasteiger partial charge is 0.357 e. The standard InChI is InChI=1S/C17H28N6S/c1-6-18-17(20-11-16-21-14(4)15(5)24-16)19-8-7-9-23-13(3)10-12(2)22-23/h10H,6-9,11H2,1-5H3,(H2,18,19,20). The number of aromatic nitrogens is 3. The van der Waals surface area contributed by atoms with Gasteiger partial charge in [0, 0.05) is 30.2 Å². The van der Waals surface area contributed by atoms with Crippen LogP contribution in [0.1, 0.15) is 40.3 Å². The van der Waals surface area contributed by atoms with E-state index in [0.29, 0.717) is 6.54 Å². The van der Waals surface area contributed by atoms with Crippen molar-refractivity contribution in [2.75, 3.05) is 13.1 Å². The topological polar surface area (TPSA) is 67.1 Å². The number of nitrogens with one attached hydrogen (secondary N) is 2. The molecule has 0 radical (unpaired) electrons. The molecule has 0 bridgehead atoms. The molecule has 0 saturated heterocycles. The summed E-state index contributed by atoms with van der Waals surface area (Å²) in [5.41, 5.74) is 3.39. The van der Waals surface area contributed by atoms with E-state index in [1.807, 2.05) is 13.8 Å². The number of thiazole rings is 1. The molecule has 2 heterocycles. The first-order valence-corrected chi connectivity index (χ1v) is 9.27. The molecule has 24 heavy (non-hydrogen) atoms. The van der Waals surface area contributed by atoms with Crippen LogP contribution in [-0.2, 0) is 13.1 Å². The van der Waals surface area contributed by atoms with E-state index in [-0.39, 0.29) is 0 Å². The number of hydrogen-bond acceptors (Lipinski definition) is 4. The van der Waals surface area contributed by atoms with E-state index in [0.717, 1.165) is 48.4 Å². The third-order valence-electron chi connectivity index (χ3n) is 3.73. The summed E-state index contributed by atoms with van der Waals surface area (Å²) in [4.78, 5) is 10.4. The highest BCUT2D eigenvalue weighted by atomic mass is 32.1. The van der Waals surface area contributed by atoms with E-state index < -0.39 is 0 Å². The van der Waals surface area contributed by atoms with Crippen molar-refractivity contribution in [2.24, 2.45) is 4.99 Å². The Bertz CT molecular complexity index is 666. The average molecular weight is 349 g/mol. The zero-order chi connectivity index (χ0) is 17.5. The Labute approximate surface area is 148 Å². The van der Waals surface area contributed by atoms with Crippen molar-refractivity contribution >= 4 is 17.3 Å².